The molecule has 2 aromatic carbocycles. The highest BCUT2D eigenvalue weighted by Crippen LogP contribution is 2.50. The topological polar surface area (TPSA) is 134 Å². The number of β-amino-alcohol motifs (C(OH)–C–C–N with tert-alkyl or cyclic N) is 1. The molecule has 7 atom stereocenters. The van der Waals surface area contributed by atoms with E-state index in [1.165, 1.54) is 30.5 Å². The molecule has 11 nitrogen and oxygen atoms in total. The predicted molar refractivity (Wildman–Crippen MR) is 204 cm³/mol. The minimum absolute atomic E-state index is 0.0262. The summed E-state index contributed by atoms with van der Waals surface area (Å²) < 4.78 is 50.7. The Bertz CT molecular complexity index is 2140. The third kappa shape index (κ3) is 7.08. The van der Waals surface area contributed by atoms with Crippen molar-refractivity contribution < 1.29 is 38.3 Å². The van der Waals surface area contributed by atoms with Crippen molar-refractivity contribution in [3.05, 3.63) is 47.7 Å². The number of hydrogen-bond donors (Lipinski definition) is 3. The van der Waals surface area contributed by atoms with Crippen LogP contribution in [0.5, 0.6) is 11.8 Å². The van der Waals surface area contributed by atoms with E-state index in [0.717, 1.165) is 51.5 Å². The zero-order valence-electron chi connectivity index (χ0n) is 31.6. The molecule has 0 bridgehead atoms. The lowest BCUT2D eigenvalue weighted by Gasteiger charge is -2.51. The van der Waals surface area contributed by atoms with Gasteiger partial charge in [-0.2, -0.15) is 9.97 Å². The quantitative estimate of drug-likeness (QED) is 0.200. The number of aliphatic hydroxyl groups excluding tert-OH is 1. The number of phenols is 1. The molecule has 0 spiro atoms. The number of rotatable bonds is 7. The monoisotopic (exact) mass is 757 g/mol. The van der Waals surface area contributed by atoms with Crippen molar-refractivity contribution in [1.82, 2.24) is 19.9 Å². The number of pyridine rings is 1. The van der Waals surface area contributed by atoms with E-state index >= 15 is 8.78 Å². The maximum atomic E-state index is 17.2. The van der Waals surface area contributed by atoms with Crippen LogP contribution >= 0.6 is 0 Å². The molecule has 0 radical (unpaired) electrons. The number of fused-ring (bicyclic) bond motifs is 3. The molecule has 292 valence electrons. The smallest absolute Gasteiger partial charge is 0.319 e. The molecule has 1 aliphatic carbocycles. The number of phenolic OH excluding ortho intramolecular Hbond substituents is 1. The van der Waals surface area contributed by atoms with Crippen LogP contribution in [0.15, 0.2) is 30.5 Å². The molecule has 55 heavy (non-hydrogen) atoms. The van der Waals surface area contributed by atoms with Crippen LogP contribution in [0, 0.1) is 29.4 Å². The summed E-state index contributed by atoms with van der Waals surface area (Å²) in [4.78, 5) is 18.5. The molecule has 3 N–H and O–H groups in total. The molecule has 1 unspecified atom stereocenters. The standard InChI is InChI=1S/C42H49F2N5O6/c1-5-30-33(43)10-9-26-16-28(51)17-31(35(26)30)37-36(44)38-32(18-45-37)39(48-19-29(20-50)53-22-41(4,52)21-48)47-40(46-38)54-23-42-11-6-8-34(42)49(13-7-12-42)27-14-24(2)55-25(3)15-27/h1,9-10,16-18,24-25,27,29,34,50-52H,6-8,11-15,19-23H2,2-4H3/t24-,25+,27?,29-,34-,41+,42-/m1/s1. The van der Waals surface area contributed by atoms with Crippen LogP contribution < -0.4 is 9.64 Å². The summed E-state index contributed by atoms with van der Waals surface area (Å²) in [6.45, 7) is 7.18. The van der Waals surface area contributed by atoms with Crippen LogP contribution in [0.3, 0.4) is 0 Å². The minimum atomic E-state index is -1.33. The van der Waals surface area contributed by atoms with E-state index in [9.17, 15) is 15.3 Å². The van der Waals surface area contributed by atoms with E-state index in [-0.39, 0.29) is 94.6 Å². The van der Waals surface area contributed by atoms with Gasteiger partial charge in [0, 0.05) is 41.2 Å². The number of aromatic hydroxyl groups is 1. The highest BCUT2D eigenvalue weighted by atomic mass is 19.1. The van der Waals surface area contributed by atoms with Gasteiger partial charge in [0.2, 0.25) is 0 Å². The van der Waals surface area contributed by atoms with Gasteiger partial charge in [0.1, 0.15) is 34.2 Å². The second kappa shape index (κ2) is 14.7. The van der Waals surface area contributed by atoms with Crippen molar-refractivity contribution >= 4 is 27.5 Å². The van der Waals surface area contributed by atoms with Crippen molar-refractivity contribution in [2.45, 2.75) is 102 Å². The molecule has 5 heterocycles. The van der Waals surface area contributed by atoms with Crippen molar-refractivity contribution in [2.24, 2.45) is 5.41 Å². The SMILES string of the molecule is C#Cc1c(F)ccc2cc(O)cc(-c3ncc4c(N5C[C@H](CO)OC[C@@](C)(O)C5)nc(OC[C@]56CCC[C@H]5N(C5C[C@@H](C)O[C@@H](C)C5)CCC6)nc4c3F)c12. The molecular formula is C42H49F2N5O6. The number of terminal acetylenes is 1. The third-order valence-electron chi connectivity index (χ3n) is 12.2. The number of aromatic nitrogens is 3. The average molecular weight is 758 g/mol. The lowest BCUT2D eigenvalue weighted by Crippen LogP contribution is -2.57. The summed E-state index contributed by atoms with van der Waals surface area (Å²) in [6, 6.07) is 6.13. The number of anilines is 1. The highest BCUT2D eigenvalue weighted by molar-refractivity contribution is 6.03. The molecular weight excluding hydrogens is 708 g/mol. The Morgan fingerprint density at radius 2 is 1.89 bits per heavy atom. The maximum Gasteiger partial charge on any atom is 0.319 e. The van der Waals surface area contributed by atoms with Gasteiger partial charge in [-0.3, -0.25) is 9.88 Å². The number of nitrogens with zero attached hydrogens (tertiary/aromatic N) is 5. The second-order valence-corrected chi connectivity index (χ2v) is 16.4. The lowest BCUT2D eigenvalue weighted by atomic mass is 9.74. The molecule has 4 fully saturated rings. The zero-order chi connectivity index (χ0) is 38.6. The third-order valence-corrected chi connectivity index (χ3v) is 12.2. The van der Waals surface area contributed by atoms with Crippen LogP contribution in [0.4, 0.5) is 14.6 Å². The molecule has 13 heteroatoms. The summed E-state index contributed by atoms with van der Waals surface area (Å²) in [5.74, 6) is 0.954. The first-order chi connectivity index (χ1) is 26.4. The Kier molecular flexibility index (Phi) is 10.1. The Balaban J connectivity index is 1.23. The van der Waals surface area contributed by atoms with Crippen molar-refractivity contribution in [3.63, 3.8) is 0 Å². The Hall–Kier alpha value is -4.19. The fourth-order valence-corrected chi connectivity index (χ4v) is 9.88. The normalized spacial score (nSPS) is 30.3. The Morgan fingerprint density at radius 1 is 1.11 bits per heavy atom. The first-order valence-electron chi connectivity index (χ1n) is 19.4. The first-order valence-corrected chi connectivity index (χ1v) is 19.4. The molecule has 0 amide bonds. The molecule has 4 aromatic rings. The van der Waals surface area contributed by atoms with Gasteiger partial charge in [-0.25, -0.2) is 8.78 Å². The van der Waals surface area contributed by atoms with E-state index in [0.29, 0.717) is 24.1 Å². The van der Waals surface area contributed by atoms with Crippen LogP contribution in [-0.4, -0.2) is 111 Å². The second-order valence-electron chi connectivity index (χ2n) is 16.4. The van der Waals surface area contributed by atoms with Gasteiger partial charge in [0.05, 0.1) is 55.6 Å². The number of hydrogen-bond acceptors (Lipinski definition) is 11. The largest absolute Gasteiger partial charge is 0.508 e. The van der Waals surface area contributed by atoms with Gasteiger partial charge < -0.3 is 34.4 Å². The molecule has 4 aliphatic rings. The van der Waals surface area contributed by atoms with Crippen molar-refractivity contribution in [3.8, 4) is 35.4 Å². The summed E-state index contributed by atoms with van der Waals surface area (Å²) in [5, 5.41) is 32.9. The first kappa shape index (κ1) is 37.7. The molecule has 3 saturated heterocycles. The van der Waals surface area contributed by atoms with E-state index in [1.54, 1.807) is 11.8 Å². The summed E-state index contributed by atoms with van der Waals surface area (Å²) >= 11 is 0. The number of benzene rings is 2. The van der Waals surface area contributed by atoms with E-state index in [4.69, 9.17) is 25.6 Å². The van der Waals surface area contributed by atoms with E-state index in [1.807, 2.05) is 0 Å². The van der Waals surface area contributed by atoms with Gasteiger partial charge in [-0.05, 0) is 89.4 Å². The molecule has 1 saturated carbocycles. The maximum absolute atomic E-state index is 17.2. The van der Waals surface area contributed by atoms with Gasteiger partial charge >= 0.3 is 6.01 Å². The van der Waals surface area contributed by atoms with Crippen LogP contribution in [0.2, 0.25) is 0 Å². The lowest BCUT2D eigenvalue weighted by molar-refractivity contribution is -0.0967. The summed E-state index contributed by atoms with van der Waals surface area (Å²) in [5.41, 5.74) is -1.75. The Labute approximate surface area is 319 Å². The average Bonchev–Trinajstić information content (AvgIpc) is 3.52. The molecule has 8 rings (SSSR count). The number of halogens is 2. The number of ether oxygens (including phenoxy) is 3. The number of aliphatic hydroxyl groups is 2. The predicted octanol–water partition coefficient (Wildman–Crippen LogP) is 5.73. The molecule has 2 aromatic heterocycles. The number of piperidine rings is 1. The summed E-state index contributed by atoms with van der Waals surface area (Å²) in [6.07, 6.45) is 14.1. The molecule has 3 aliphatic heterocycles. The number of likely N-dealkylation sites (tertiary alicyclic amines) is 1. The van der Waals surface area contributed by atoms with Gasteiger partial charge in [0.25, 0.3) is 0 Å². The van der Waals surface area contributed by atoms with Gasteiger partial charge in [-0.1, -0.05) is 18.4 Å². The zero-order valence-corrected chi connectivity index (χ0v) is 31.6. The van der Waals surface area contributed by atoms with Gasteiger partial charge in [-0.15, -0.1) is 6.42 Å². The van der Waals surface area contributed by atoms with Crippen molar-refractivity contribution in [2.75, 3.05) is 44.4 Å². The van der Waals surface area contributed by atoms with Crippen LogP contribution in [0.25, 0.3) is 32.9 Å². The summed E-state index contributed by atoms with van der Waals surface area (Å²) in [7, 11) is 0. The Morgan fingerprint density at radius 3 is 2.65 bits per heavy atom. The van der Waals surface area contributed by atoms with E-state index < -0.39 is 23.3 Å². The van der Waals surface area contributed by atoms with Crippen molar-refractivity contribution in [1.29, 1.82) is 0 Å². The fraction of sp³-hybridized carbons (Fsp3) is 0.548. The van der Waals surface area contributed by atoms with Crippen LogP contribution in [-0.2, 0) is 9.47 Å². The van der Waals surface area contributed by atoms with E-state index in [2.05, 4.69) is 34.6 Å². The van der Waals surface area contributed by atoms with Gasteiger partial charge in [0.15, 0.2) is 5.82 Å². The minimum Gasteiger partial charge on any atom is -0.508 e. The highest BCUT2D eigenvalue weighted by Gasteiger charge is 2.51. The fourth-order valence-electron chi connectivity index (χ4n) is 9.88. The van der Waals surface area contributed by atoms with Crippen LogP contribution in [0.1, 0.15) is 71.3 Å².